The van der Waals surface area contributed by atoms with Crippen molar-refractivity contribution < 1.29 is 4.39 Å². The SMILES string of the molecule is O=c1[nH]cc(Cl)cc1CN1CCC(C=Cc2ccccc2F)CC1. The maximum Gasteiger partial charge on any atom is 0.252 e. The smallest absolute Gasteiger partial charge is 0.252 e. The van der Waals surface area contributed by atoms with E-state index in [9.17, 15) is 9.18 Å². The van der Waals surface area contributed by atoms with E-state index < -0.39 is 0 Å². The minimum absolute atomic E-state index is 0.0824. The first kappa shape index (κ1) is 16.9. The predicted molar refractivity (Wildman–Crippen MR) is 95.5 cm³/mol. The monoisotopic (exact) mass is 346 g/mol. The van der Waals surface area contributed by atoms with E-state index in [2.05, 4.69) is 16.0 Å². The lowest BCUT2D eigenvalue weighted by molar-refractivity contribution is 0.195. The van der Waals surface area contributed by atoms with Crippen LogP contribution in [0.15, 0.2) is 47.4 Å². The van der Waals surface area contributed by atoms with Crippen molar-refractivity contribution in [1.29, 1.82) is 0 Å². The Morgan fingerprint density at radius 1 is 1.29 bits per heavy atom. The van der Waals surface area contributed by atoms with E-state index >= 15 is 0 Å². The molecule has 1 fully saturated rings. The molecule has 1 aliphatic rings. The Kier molecular flexibility index (Phi) is 5.48. The van der Waals surface area contributed by atoms with Gasteiger partial charge in [0.1, 0.15) is 5.82 Å². The maximum absolute atomic E-state index is 13.6. The van der Waals surface area contributed by atoms with Gasteiger partial charge in [0.05, 0.1) is 5.02 Å². The minimum Gasteiger partial charge on any atom is -0.327 e. The molecule has 2 aromatic rings. The summed E-state index contributed by atoms with van der Waals surface area (Å²) >= 11 is 5.94. The lowest BCUT2D eigenvalue weighted by Crippen LogP contribution is -2.34. The highest BCUT2D eigenvalue weighted by Crippen LogP contribution is 2.21. The molecule has 0 atom stereocenters. The van der Waals surface area contributed by atoms with Gasteiger partial charge in [-0.15, -0.1) is 0 Å². The number of allylic oxidation sites excluding steroid dienone is 1. The summed E-state index contributed by atoms with van der Waals surface area (Å²) in [7, 11) is 0. The van der Waals surface area contributed by atoms with Crippen LogP contribution in [0.4, 0.5) is 4.39 Å². The van der Waals surface area contributed by atoms with E-state index in [0.29, 0.717) is 28.6 Å². The molecule has 0 aliphatic carbocycles. The number of pyridine rings is 1. The van der Waals surface area contributed by atoms with Crippen LogP contribution in [-0.4, -0.2) is 23.0 Å². The zero-order valence-corrected chi connectivity index (χ0v) is 14.1. The van der Waals surface area contributed by atoms with Crippen molar-refractivity contribution in [3.8, 4) is 0 Å². The van der Waals surface area contributed by atoms with Crippen LogP contribution >= 0.6 is 11.6 Å². The van der Waals surface area contributed by atoms with E-state index in [0.717, 1.165) is 25.9 Å². The molecule has 0 amide bonds. The highest BCUT2D eigenvalue weighted by molar-refractivity contribution is 6.30. The molecule has 0 radical (unpaired) electrons. The van der Waals surface area contributed by atoms with Crippen LogP contribution in [0.5, 0.6) is 0 Å². The fraction of sp³-hybridized carbons (Fsp3) is 0.316. The fourth-order valence-corrected chi connectivity index (χ4v) is 3.20. The molecule has 0 saturated carbocycles. The number of aromatic nitrogens is 1. The first-order valence-corrected chi connectivity index (χ1v) is 8.52. The van der Waals surface area contributed by atoms with Gasteiger partial charge in [-0.1, -0.05) is 42.0 Å². The summed E-state index contributed by atoms with van der Waals surface area (Å²) in [4.78, 5) is 16.7. The molecular weight excluding hydrogens is 327 g/mol. The van der Waals surface area contributed by atoms with Crippen molar-refractivity contribution >= 4 is 17.7 Å². The number of nitrogens with one attached hydrogen (secondary N) is 1. The predicted octanol–water partition coefficient (Wildman–Crippen LogP) is 4.09. The van der Waals surface area contributed by atoms with Crippen LogP contribution < -0.4 is 5.56 Å². The van der Waals surface area contributed by atoms with Crippen molar-refractivity contribution in [3.05, 3.63) is 74.9 Å². The number of benzene rings is 1. The number of halogens is 2. The van der Waals surface area contributed by atoms with Gasteiger partial charge in [-0.3, -0.25) is 9.69 Å². The summed E-state index contributed by atoms with van der Waals surface area (Å²) in [6.07, 6.45) is 7.49. The lowest BCUT2D eigenvalue weighted by atomic mass is 9.95. The first-order valence-electron chi connectivity index (χ1n) is 8.14. The van der Waals surface area contributed by atoms with E-state index in [-0.39, 0.29) is 11.4 Å². The summed E-state index contributed by atoms with van der Waals surface area (Å²) in [5.41, 5.74) is 1.24. The van der Waals surface area contributed by atoms with E-state index in [1.54, 1.807) is 18.2 Å². The molecule has 2 heterocycles. The third kappa shape index (κ3) is 4.34. The Morgan fingerprint density at radius 3 is 2.79 bits per heavy atom. The second kappa shape index (κ2) is 7.77. The van der Waals surface area contributed by atoms with Crippen molar-refractivity contribution in [2.45, 2.75) is 19.4 Å². The van der Waals surface area contributed by atoms with Gasteiger partial charge in [0, 0.05) is 23.9 Å². The number of hydrogen-bond donors (Lipinski definition) is 1. The standard InChI is InChI=1S/C19H20ClFN2O/c20-17-11-16(19(24)22-12-17)13-23-9-7-14(8-10-23)5-6-15-3-1-2-4-18(15)21/h1-6,11-12,14H,7-10,13H2,(H,22,24). The first-order chi connectivity index (χ1) is 11.6. The lowest BCUT2D eigenvalue weighted by Gasteiger charge is -2.30. The van der Waals surface area contributed by atoms with Gasteiger partial charge in [0.25, 0.3) is 5.56 Å². The van der Waals surface area contributed by atoms with Crippen molar-refractivity contribution in [1.82, 2.24) is 9.88 Å². The van der Waals surface area contributed by atoms with E-state index in [1.165, 1.54) is 12.3 Å². The summed E-state index contributed by atoms with van der Waals surface area (Å²) in [6.45, 7) is 2.44. The molecule has 1 aromatic carbocycles. The van der Waals surface area contributed by atoms with Crippen LogP contribution in [0, 0.1) is 11.7 Å². The second-order valence-corrected chi connectivity index (χ2v) is 6.60. The Morgan fingerprint density at radius 2 is 2.04 bits per heavy atom. The van der Waals surface area contributed by atoms with Gasteiger partial charge in [0.2, 0.25) is 0 Å². The van der Waals surface area contributed by atoms with E-state index in [1.807, 2.05) is 12.1 Å². The highest BCUT2D eigenvalue weighted by Gasteiger charge is 2.18. The zero-order valence-electron chi connectivity index (χ0n) is 13.3. The molecule has 1 aliphatic heterocycles. The van der Waals surface area contributed by atoms with Crippen LogP contribution in [0.3, 0.4) is 0 Å². The van der Waals surface area contributed by atoms with Crippen LogP contribution in [-0.2, 0) is 6.54 Å². The Hall–Kier alpha value is -1.91. The molecule has 3 rings (SSSR count). The number of likely N-dealkylation sites (tertiary alicyclic amines) is 1. The molecule has 1 N–H and O–H groups in total. The molecule has 126 valence electrons. The van der Waals surface area contributed by atoms with Gasteiger partial charge in [0.15, 0.2) is 0 Å². The van der Waals surface area contributed by atoms with Gasteiger partial charge < -0.3 is 4.98 Å². The number of nitrogens with zero attached hydrogens (tertiary/aromatic N) is 1. The summed E-state index contributed by atoms with van der Waals surface area (Å²) in [5, 5.41) is 0.548. The number of H-pyrrole nitrogens is 1. The molecule has 24 heavy (non-hydrogen) atoms. The third-order valence-electron chi connectivity index (χ3n) is 4.42. The van der Waals surface area contributed by atoms with Crippen LogP contribution in [0.25, 0.3) is 6.08 Å². The third-order valence-corrected chi connectivity index (χ3v) is 4.64. The summed E-state index contributed by atoms with van der Waals surface area (Å²) < 4.78 is 13.6. The summed E-state index contributed by atoms with van der Waals surface area (Å²) in [6, 6.07) is 8.53. The number of rotatable bonds is 4. The highest BCUT2D eigenvalue weighted by atomic mass is 35.5. The topological polar surface area (TPSA) is 36.1 Å². The molecule has 0 spiro atoms. The average molecular weight is 347 g/mol. The zero-order chi connectivity index (χ0) is 16.9. The van der Waals surface area contributed by atoms with Crippen molar-refractivity contribution in [2.75, 3.05) is 13.1 Å². The molecular formula is C19H20ClFN2O. The molecule has 1 aromatic heterocycles. The van der Waals surface area contributed by atoms with E-state index in [4.69, 9.17) is 11.6 Å². The van der Waals surface area contributed by atoms with Gasteiger partial charge in [-0.05, 0) is 44.0 Å². The number of hydrogen-bond acceptors (Lipinski definition) is 2. The quantitative estimate of drug-likeness (QED) is 0.905. The molecule has 0 unspecified atom stereocenters. The average Bonchev–Trinajstić information content (AvgIpc) is 2.59. The maximum atomic E-state index is 13.6. The number of aromatic amines is 1. The Labute approximate surface area is 145 Å². The molecule has 3 nitrogen and oxygen atoms in total. The largest absolute Gasteiger partial charge is 0.327 e. The Balaban J connectivity index is 1.55. The van der Waals surface area contributed by atoms with Gasteiger partial charge in [-0.2, -0.15) is 0 Å². The van der Waals surface area contributed by atoms with Crippen molar-refractivity contribution in [3.63, 3.8) is 0 Å². The van der Waals surface area contributed by atoms with Gasteiger partial charge in [-0.25, -0.2) is 4.39 Å². The van der Waals surface area contributed by atoms with Crippen LogP contribution in [0.1, 0.15) is 24.0 Å². The van der Waals surface area contributed by atoms with Crippen molar-refractivity contribution in [2.24, 2.45) is 5.92 Å². The molecule has 1 saturated heterocycles. The fourth-order valence-electron chi connectivity index (χ4n) is 3.01. The Bertz CT molecular complexity index is 779. The summed E-state index contributed by atoms with van der Waals surface area (Å²) in [5.74, 6) is 0.255. The normalized spacial score (nSPS) is 16.8. The molecule has 0 bridgehead atoms. The molecule has 5 heteroatoms. The number of piperidine rings is 1. The van der Waals surface area contributed by atoms with Gasteiger partial charge >= 0.3 is 0 Å². The van der Waals surface area contributed by atoms with Crippen LogP contribution in [0.2, 0.25) is 5.02 Å². The second-order valence-electron chi connectivity index (χ2n) is 6.17. The minimum atomic E-state index is -0.189.